The van der Waals surface area contributed by atoms with Crippen molar-refractivity contribution in [1.82, 2.24) is 4.98 Å². The van der Waals surface area contributed by atoms with Gasteiger partial charge in [0.15, 0.2) is 5.75 Å². The fourth-order valence-electron chi connectivity index (χ4n) is 5.04. The maximum absolute atomic E-state index is 6.27. The summed E-state index contributed by atoms with van der Waals surface area (Å²) in [7, 11) is 1.73. The van der Waals surface area contributed by atoms with Crippen LogP contribution in [0.3, 0.4) is 0 Å². The molecule has 0 saturated heterocycles. The molecular weight excluding hydrogens is 555 g/mol. The Morgan fingerprint density at radius 3 is 2.29 bits per heavy atom. The molecule has 0 aliphatic heterocycles. The van der Waals surface area contributed by atoms with Crippen LogP contribution in [-0.2, 0) is 17.6 Å². The number of hydrogen-bond acceptors (Lipinski definition) is 5. The van der Waals surface area contributed by atoms with E-state index in [1.54, 1.807) is 7.11 Å². The number of benzene rings is 3. The Hall–Kier alpha value is -3.09. The molecule has 0 fully saturated rings. The minimum absolute atomic E-state index is 0.211. The first kappa shape index (κ1) is 30.9. The van der Waals surface area contributed by atoms with Gasteiger partial charge in [0.25, 0.3) is 0 Å². The minimum Gasteiger partial charge on any atom is -0.490 e. The van der Waals surface area contributed by atoms with Gasteiger partial charge in [-0.05, 0) is 97.8 Å². The number of halogens is 2. The lowest BCUT2D eigenvalue weighted by atomic mass is 9.87. The average Bonchev–Trinajstić information content (AvgIpc) is 2.96. The topological polar surface area (TPSA) is 66.6 Å². The van der Waals surface area contributed by atoms with E-state index in [0.717, 1.165) is 42.9 Å². The van der Waals surface area contributed by atoms with Crippen LogP contribution >= 0.6 is 23.2 Å². The smallest absolute Gasteiger partial charge is 0.156 e. The van der Waals surface area contributed by atoms with Gasteiger partial charge >= 0.3 is 0 Å². The highest BCUT2D eigenvalue weighted by Crippen LogP contribution is 2.34. The van der Waals surface area contributed by atoms with Crippen molar-refractivity contribution < 1.29 is 14.2 Å². The number of rotatable bonds is 14. The SMILES string of the molecule is COCCCc1ncccc1-c1ccc(C(CN)Cc2ccc(OCCOc3c(Cl)cc(C)cc3Cl)cc2)c(C)c1. The molecule has 41 heavy (non-hydrogen) atoms. The summed E-state index contributed by atoms with van der Waals surface area (Å²) in [5.41, 5.74) is 14.4. The summed E-state index contributed by atoms with van der Waals surface area (Å²) in [4.78, 5) is 4.64. The molecule has 1 aromatic heterocycles. The van der Waals surface area contributed by atoms with Crippen LogP contribution < -0.4 is 15.2 Å². The molecule has 0 spiro atoms. The molecule has 4 rings (SSSR count). The van der Waals surface area contributed by atoms with Crippen molar-refractivity contribution in [1.29, 1.82) is 0 Å². The van der Waals surface area contributed by atoms with E-state index in [2.05, 4.69) is 48.3 Å². The maximum Gasteiger partial charge on any atom is 0.156 e. The molecule has 0 amide bonds. The number of methoxy groups -OCH3 is 1. The third-order valence-electron chi connectivity index (χ3n) is 7.10. The molecule has 7 heteroatoms. The second-order valence-corrected chi connectivity index (χ2v) is 11.0. The fourth-order valence-corrected chi connectivity index (χ4v) is 5.74. The summed E-state index contributed by atoms with van der Waals surface area (Å²) >= 11 is 12.5. The second kappa shape index (κ2) is 15.2. The molecule has 0 aliphatic rings. The molecule has 2 N–H and O–H groups in total. The van der Waals surface area contributed by atoms with E-state index in [0.29, 0.717) is 35.6 Å². The van der Waals surface area contributed by atoms with Crippen LogP contribution in [0, 0.1) is 13.8 Å². The van der Waals surface area contributed by atoms with Crippen molar-refractivity contribution in [3.05, 3.63) is 111 Å². The molecule has 0 aliphatic carbocycles. The van der Waals surface area contributed by atoms with Crippen LogP contribution in [0.25, 0.3) is 11.1 Å². The maximum atomic E-state index is 6.27. The zero-order chi connectivity index (χ0) is 29.2. The number of nitrogens with zero attached hydrogens (tertiary/aromatic N) is 1. The highest BCUT2D eigenvalue weighted by molar-refractivity contribution is 6.37. The summed E-state index contributed by atoms with van der Waals surface area (Å²) in [5, 5.41) is 0.997. The van der Waals surface area contributed by atoms with Gasteiger partial charge < -0.3 is 19.9 Å². The zero-order valence-corrected chi connectivity index (χ0v) is 25.5. The third-order valence-corrected chi connectivity index (χ3v) is 7.67. The third kappa shape index (κ3) is 8.46. The van der Waals surface area contributed by atoms with Crippen LogP contribution in [-0.4, -0.2) is 38.5 Å². The fraction of sp³-hybridized carbons (Fsp3) is 0.324. The predicted molar refractivity (Wildman–Crippen MR) is 169 cm³/mol. The van der Waals surface area contributed by atoms with E-state index in [9.17, 15) is 0 Å². The van der Waals surface area contributed by atoms with Crippen LogP contribution in [0.1, 0.15) is 40.3 Å². The van der Waals surface area contributed by atoms with Crippen molar-refractivity contribution >= 4 is 23.2 Å². The van der Waals surface area contributed by atoms with E-state index in [-0.39, 0.29) is 5.92 Å². The molecule has 0 bridgehead atoms. The van der Waals surface area contributed by atoms with E-state index >= 15 is 0 Å². The lowest BCUT2D eigenvalue weighted by Gasteiger charge is -2.19. The second-order valence-electron chi connectivity index (χ2n) is 10.2. The van der Waals surface area contributed by atoms with Crippen LogP contribution in [0.4, 0.5) is 0 Å². The van der Waals surface area contributed by atoms with E-state index in [1.807, 2.05) is 43.5 Å². The van der Waals surface area contributed by atoms with Crippen molar-refractivity contribution in [2.75, 3.05) is 33.5 Å². The Kier molecular flexibility index (Phi) is 11.5. The number of pyridine rings is 1. The summed E-state index contributed by atoms with van der Waals surface area (Å²) in [5.74, 6) is 1.47. The molecule has 4 aromatic rings. The van der Waals surface area contributed by atoms with Crippen molar-refractivity contribution in [2.24, 2.45) is 5.73 Å². The average molecular weight is 594 g/mol. The van der Waals surface area contributed by atoms with Crippen LogP contribution in [0.2, 0.25) is 10.0 Å². The van der Waals surface area contributed by atoms with E-state index in [4.69, 9.17) is 43.1 Å². The molecule has 3 aromatic carbocycles. The first-order valence-electron chi connectivity index (χ1n) is 13.9. The molecule has 0 saturated carbocycles. The molecule has 1 atom stereocenters. The van der Waals surface area contributed by atoms with E-state index < -0.39 is 0 Å². The largest absolute Gasteiger partial charge is 0.490 e. The normalized spacial score (nSPS) is 11.9. The number of hydrogen-bond donors (Lipinski definition) is 1. The van der Waals surface area contributed by atoms with Crippen molar-refractivity contribution in [3.8, 4) is 22.6 Å². The highest BCUT2D eigenvalue weighted by atomic mass is 35.5. The van der Waals surface area contributed by atoms with Gasteiger partial charge in [-0.1, -0.05) is 59.6 Å². The predicted octanol–water partition coefficient (Wildman–Crippen LogP) is 7.99. The molecule has 0 radical (unpaired) electrons. The molecule has 1 heterocycles. The number of nitrogens with two attached hydrogens (primary N) is 1. The summed E-state index contributed by atoms with van der Waals surface area (Å²) < 4.78 is 16.8. The summed E-state index contributed by atoms with van der Waals surface area (Å²) in [6, 6.07) is 22.6. The molecule has 1 unspecified atom stereocenters. The Morgan fingerprint density at radius 1 is 0.878 bits per heavy atom. The Morgan fingerprint density at radius 2 is 1.61 bits per heavy atom. The number of aromatic nitrogens is 1. The van der Waals surface area contributed by atoms with Crippen molar-refractivity contribution in [3.63, 3.8) is 0 Å². The zero-order valence-electron chi connectivity index (χ0n) is 24.0. The quantitative estimate of drug-likeness (QED) is 0.150. The van der Waals surface area contributed by atoms with Crippen LogP contribution in [0.5, 0.6) is 11.5 Å². The minimum atomic E-state index is 0.211. The van der Waals surface area contributed by atoms with Gasteiger partial charge in [0.05, 0.1) is 10.0 Å². The molecule has 5 nitrogen and oxygen atoms in total. The number of aryl methyl sites for hydroxylation is 3. The Balaban J connectivity index is 1.35. The van der Waals surface area contributed by atoms with Crippen LogP contribution in [0.15, 0.2) is 72.9 Å². The first-order chi connectivity index (χ1) is 19.9. The lowest BCUT2D eigenvalue weighted by molar-refractivity contribution is 0.195. The van der Waals surface area contributed by atoms with Gasteiger partial charge in [-0.3, -0.25) is 4.98 Å². The Bertz CT molecular complexity index is 1400. The van der Waals surface area contributed by atoms with Gasteiger partial charge in [-0.15, -0.1) is 0 Å². The van der Waals surface area contributed by atoms with Gasteiger partial charge in [0.1, 0.15) is 19.0 Å². The monoisotopic (exact) mass is 592 g/mol. The van der Waals surface area contributed by atoms with E-state index in [1.165, 1.54) is 27.8 Å². The Labute approximate surface area is 253 Å². The number of ether oxygens (including phenoxy) is 3. The van der Waals surface area contributed by atoms with Gasteiger partial charge in [0, 0.05) is 37.1 Å². The summed E-state index contributed by atoms with van der Waals surface area (Å²) in [6.07, 6.45) is 4.54. The standard InChI is InChI=1S/C34H38Cl2N2O3/c1-23-18-31(35)34(32(36)19-23)41-17-16-40-28-11-8-25(9-12-28)21-27(22-37)29-13-10-26(20-24(29)2)30-6-4-14-38-33(30)7-5-15-39-3/h4,6,8-14,18-20,27H,5,7,15-17,21-22,37H2,1-3H3. The molecular formula is C34H38Cl2N2O3. The van der Waals surface area contributed by atoms with Gasteiger partial charge in [-0.2, -0.15) is 0 Å². The molecule has 216 valence electrons. The van der Waals surface area contributed by atoms with Crippen molar-refractivity contribution in [2.45, 2.75) is 39.0 Å². The van der Waals surface area contributed by atoms with Gasteiger partial charge in [-0.25, -0.2) is 0 Å². The summed E-state index contributed by atoms with van der Waals surface area (Å²) in [6.45, 7) is 6.11. The highest BCUT2D eigenvalue weighted by Gasteiger charge is 2.15. The van der Waals surface area contributed by atoms with Gasteiger partial charge in [0.2, 0.25) is 0 Å². The first-order valence-corrected chi connectivity index (χ1v) is 14.7. The lowest BCUT2D eigenvalue weighted by Crippen LogP contribution is -2.16.